The number of benzene rings is 1. The molecule has 2 amide bonds. The van der Waals surface area contributed by atoms with E-state index in [1.54, 1.807) is 7.11 Å². The molecule has 1 atom stereocenters. The minimum atomic E-state index is -0.457. The van der Waals surface area contributed by atoms with Crippen molar-refractivity contribution in [3.63, 3.8) is 0 Å². The Bertz CT molecular complexity index is 650. The summed E-state index contributed by atoms with van der Waals surface area (Å²) in [5.74, 6) is 1.16. The number of amides is 2. The Hall–Kier alpha value is -2.12. The van der Waals surface area contributed by atoms with Crippen LogP contribution in [-0.2, 0) is 20.7 Å². The first-order valence-electron chi connectivity index (χ1n) is 10.1. The molecule has 0 radical (unpaired) electrons. The van der Waals surface area contributed by atoms with Crippen LogP contribution in [0.3, 0.4) is 0 Å². The Labute approximate surface area is 166 Å². The van der Waals surface area contributed by atoms with Gasteiger partial charge >= 0.3 is 0 Å². The molecule has 7 heteroatoms. The average Bonchev–Trinajstić information content (AvgIpc) is 2.77. The van der Waals surface area contributed by atoms with Crippen LogP contribution in [0.2, 0.25) is 0 Å². The number of ether oxygens (including phenoxy) is 2. The molecule has 0 saturated carbocycles. The van der Waals surface area contributed by atoms with Gasteiger partial charge in [0.2, 0.25) is 11.8 Å². The number of methoxy groups -OCH3 is 1. The van der Waals surface area contributed by atoms with Gasteiger partial charge in [0.25, 0.3) is 0 Å². The van der Waals surface area contributed by atoms with Crippen LogP contribution in [0.25, 0.3) is 0 Å². The summed E-state index contributed by atoms with van der Waals surface area (Å²) in [5, 5.41) is 0. The number of piperazine rings is 1. The minimum absolute atomic E-state index is 0.0113. The first-order chi connectivity index (χ1) is 13.6. The number of carbonyl (C=O) groups is 2. The standard InChI is InChI=1S/C21H31N3O4/c1-27-18-5-2-16(3-6-18)4-7-19(25)23-10-12-24(13-11-23)21(26)20(22)17-8-14-28-15-9-17/h2-3,5-6,17,20H,4,7-15,22H2,1H3. The van der Waals surface area contributed by atoms with E-state index in [1.165, 1.54) is 0 Å². The topological polar surface area (TPSA) is 85.1 Å². The van der Waals surface area contributed by atoms with Gasteiger partial charge in [-0.3, -0.25) is 9.59 Å². The van der Waals surface area contributed by atoms with Crippen molar-refractivity contribution in [3.8, 4) is 5.75 Å². The third kappa shape index (κ3) is 5.23. The normalized spacial score (nSPS) is 19.4. The van der Waals surface area contributed by atoms with Gasteiger partial charge in [-0.1, -0.05) is 12.1 Å². The number of hydrogen-bond acceptors (Lipinski definition) is 5. The Morgan fingerprint density at radius 3 is 2.32 bits per heavy atom. The predicted octanol–water partition coefficient (Wildman–Crippen LogP) is 1.05. The Balaban J connectivity index is 1.42. The highest BCUT2D eigenvalue weighted by molar-refractivity contribution is 5.82. The molecule has 1 aromatic rings. The molecule has 1 aromatic carbocycles. The maximum absolute atomic E-state index is 12.7. The maximum atomic E-state index is 12.7. The molecule has 0 aromatic heterocycles. The van der Waals surface area contributed by atoms with E-state index in [9.17, 15) is 9.59 Å². The zero-order valence-corrected chi connectivity index (χ0v) is 16.6. The molecule has 0 aliphatic carbocycles. The molecule has 0 spiro atoms. The molecule has 2 saturated heterocycles. The van der Waals surface area contributed by atoms with Crippen LogP contribution in [-0.4, -0.2) is 74.2 Å². The molecule has 0 bridgehead atoms. The number of nitrogens with zero attached hydrogens (tertiary/aromatic N) is 2. The summed E-state index contributed by atoms with van der Waals surface area (Å²) in [6.45, 7) is 3.64. The second-order valence-electron chi connectivity index (χ2n) is 7.53. The second kappa shape index (κ2) is 9.89. The highest BCUT2D eigenvalue weighted by Gasteiger charge is 2.32. The van der Waals surface area contributed by atoms with E-state index >= 15 is 0 Å². The zero-order valence-electron chi connectivity index (χ0n) is 16.6. The molecule has 2 aliphatic rings. The first kappa shape index (κ1) is 20.6. The van der Waals surface area contributed by atoms with Gasteiger partial charge in [0.15, 0.2) is 0 Å². The van der Waals surface area contributed by atoms with Gasteiger partial charge in [-0.15, -0.1) is 0 Å². The lowest BCUT2D eigenvalue weighted by Crippen LogP contribution is -2.56. The van der Waals surface area contributed by atoms with Crippen LogP contribution < -0.4 is 10.5 Å². The number of aryl methyl sites for hydroxylation is 1. The van der Waals surface area contributed by atoms with Gasteiger partial charge in [-0.2, -0.15) is 0 Å². The fourth-order valence-corrected chi connectivity index (χ4v) is 3.87. The van der Waals surface area contributed by atoms with Gasteiger partial charge < -0.3 is 25.0 Å². The van der Waals surface area contributed by atoms with E-state index in [-0.39, 0.29) is 17.7 Å². The van der Waals surface area contributed by atoms with E-state index in [4.69, 9.17) is 15.2 Å². The van der Waals surface area contributed by atoms with E-state index in [2.05, 4.69) is 0 Å². The van der Waals surface area contributed by atoms with E-state index < -0.39 is 6.04 Å². The average molecular weight is 389 g/mol. The van der Waals surface area contributed by atoms with Gasteiger partial charge in [-0.05, 0) is 42.9 Å². The summed E-state index contributed by atoms with van der Waals surface area (Å²) < 4.78 is 10.5. The lowest BCUT2D eigenvalue weighted by atomic mass is 9.91. The van der Waals surface area contributed by atoms with E-state index in [0.717, 1.165) is 24.2 Å². The highest BCUT2D eigenvalue weighted by Crippen LogP contribution is 2.20. The van der Waals surface area contributed by atoms with Crippen molar-refractivity contribution in [1.82, 2.24) is 9.80 Å². The van der Waals surface area contributed by atoms with Crippen molar-refractivity contribution in [2.75, 3.05) is 46.5 Å². The van der Waals surface area contributed by atoms with Crippen LogP contribution >= 0.6 is 0 Å². The molecule has 3 rings (SSSR count). The number of nitrogens with two attached hydrogens (primary N) is 1. The highest BCUT2D eigenvalue weighted by atomic mass is 16.5. The van der Waals surface area contributed by atoms with Crippen molar-refractivity contribution in [2.45, 2.75) is 31.7 Å². The Morgan fingerprint density at radius 2 is 1.71 bits per heavy atom. The fourth-order valence-electron chi connectivity index (χ4n) is 3.87. The predicted molar refractivity (Wildman–Crippen MR) is 106 cm³/mol. The molecule has 2 fully saturated rings. The molecule has 154 valence electrons. The van der Waals surface area contributed by atoms with Crippen molar-refractivity contribution >= 4 is 11.8 Å². The minimum Gasteiger partial charge on any atom is -0.497 e. The zero-order chi connectivity index (χ0) is 19.9. The van der Waals surface area contributed by atoms with Crippen LogP contribution in [0.15, 0.2) is 24.3 Å². The summed E-state index contributed by atoms with van der Waals surface area (Å²) >= 11 is 0. The van der Waals surface area contributed by atoms with Crippen LogP contribution in [0.4, 0.5) is 0 Å². The van der Waals surface area contributed by atoms with Gasteiger partial charge in [0, 0.05) is 45.8 Å². The smallest absolute Gasteiger partial charge is 0.239 e. The first-order valence-corrected chi connectivity index (χ1v) is 10.1. The summed E-state index contributed by atoms with van der Waals surface area (Å²) in [7, 11) is 1.64. The molecule has 1 unspecified atom stereocenters. The molecular formula is C21H31N3O4. The van der Waals surface area contributed by atoms with Gasteiger partial charge in [0.05, 0.1) is 13.2 Å². The second-order valence-corrected chi connectivity index (χ2v) is 7.53. The van der Waals surface area contributed by atoms with Crippen molar-refractivity contribution in [3.05, 3.63) is 29.8 Å². The number of carbonyl (C=O) groups excluding carboxylic acids is 2. The summed E-state index contributed by atoms with van der Waals surface area (Å²) in [4.78, 5) is 28.9. The maximum Gasteiger partial charge on any atom is 0.239 e. The molecule has 2 N–H and O–H groups in total. The number of rotatable bonds is 6. The molecule has 2 heterocycles. The number of hydrogen-bond donors (Lipinski definition) is 1. The van der Waals surface area contributed by atoms with Crippen molar-refractivity contribution in [1.29, 1.82) is 0 Å². The monoisotopic (exact) mass is 389 g/mol. The molecular weight excluding hydrogens is 358 g/mol. The van der Waals surface area contributed by atoms with Gasteiger partial charge in [-0.25, -0.2) is 0 Å². The summed E-state index contributed by atoms with van der Waals surface area (Å²) in [6.07, 6.45) is 2.87. The van der Waals surface area contributed by atoms with Crippen molar-refractivity contribution in [2.24, 2.45) is 11.7 Å². The summed E-state index contributed by atoms with van der Waals surface area (Å²) in [5.41, 5.74) is 7.33. The lowest BCUT2D eigenvalue weighted by molar-refractivity contribution is -0.141. The SMILES string of the molecule is COc1ccc(CCC(=O)N2CCN(C(=O)C(N)C3CCOCC3)CC2)cc1. The van der Waals surface area contributed by atoms with Crippen molar-refractivity contribution < 1.29 is 19.1 Å². The molecule has 28 heavy (non-hydrogen) atoms. The lowest BCUT2D eigenvalue weighted by Gasteiger charge is -2.37. The summed E-state index contributed by atoms with van der Waals surface area (Å²) in [6, 6.07) is 7.33. The van der Waals surface area contributed by atoms with Crippen LogP contribution in [0, 0.1) is 5.92 Å². The molecule has 2 aliphatic heterocycles. The van der Waals surface area contributed by atoms with E-state index in [0.29, 0.717) is 52.2 Å². The van der Waals surface area contributed by atoms with Crippen LogP contribution in [0.1, 0.15) is 24.8 Å². The quantitative estimate of drug-likeness (QED) is 0.786. The van der Waals surface area contributed by atoms with Crippen LogP contribution in [0.5, 0.6) is 5.75 Å². The fraction of sp³-hybridized carbons (Fsp3) is 0.619. The Kier molecular flexibility index (Phi) is 7.28. The Morgan fingerprint density at radius 1 is 1.11 bits per heavy atom. The molecule has 7 nitrogen and oxygen atoms in total. The third-order valence-corrected chi connectivity index (χ3v) is 5.79. The van der Waals surface area contributed by atoms with Gasteiger partial charge in [0.1, 0.15) is 5.75 Å². The largest absolute Gasteiger partial charge is 0.497 e. The third-order valence-electron chi connectivity index (χ3n) is 5.79. The van der Waals surface area contributed by atoms with E-state index in [1.807, 2.05) is 34.1 Å².